The third kappa shape index (κ3) is 6.24. The molecule has 37 heavy (non-hydrogen) atoms. The van der Waals surface area contributed by atoms with Crippen LogP contribution < -0.4 is 10.1 Å². The Kier molecular flexibility index (Phi) is 8.69. The van der Waals surface area contributed by atoms with Crippen molar-refractivity contribution in [1.29, 1.82) is 0 Å². The quantitative estimate of drug-likeness (QED) is 0.321. The number of amides is 1. The summed E-state index contributed by atoms with van der Waals surface area (Å²) in [5.41, 5.74) is 1.96. The van der Waals surface area contributed by atoms with Crippen LogP contribution in [0.2, 0.25) is 0 Å². The Labute approximate surface area is 216 Å². The molecule has 0 saturated heterocycles. The van der Waals surface area contributed by atoms with Crippen molar-refractivity contribution in [2.75, 3.05) is 32.6 Å². The number of nitrogens with one attached hydrogen (secondary N) is 1. The molecule has 1 aromatic heterocycles. The molecule has 0 bridgehead atoms. The molecule has 1 amide bonds. The summed E-state index contributed by atoms with van der Waals surface area (Å²) in [5.74, 6) is 0.706. The molecule has 1 N–H and O–H groups in total. The first-order valence-corrected chi connectivity index (χ1v) is 12.9. The zero-order valence-electron chi connectivity index (χ0n) is 21.7. The topological polar surface area (TPSA) is 81.0 Å². The van der Waals surface area contributed by atoms with Gasteiger partial charge in [0.25, 0.3) is 5.91 Å². The van der Waals surface area contributed by atoms with Gasteiger partial charge in [-0.25, -0.2) is 4.39 Å². The van der Waals surface area contributed by atoms with Crippen LogP contribution in [-0.2, 0) is 9.53 Å². The smallest absolute Gasteiger partial charge is 0.307 e. The van der Waals surface area contributed by atoms with Crippen molar-refractivity contribution in [3.63, 3.8) is 0 Å². The molecule has 1 aliphatic rings. The number of rotatable bonds is 10. The number of anilines is 1. The molecule has 8 heteroatoms. The second kappa shape index (κ2) is 12.1. The number of ether oxygens (including phenoxy) is 2. The second-order valence-electron chi connectivity index (χ2n) is 9.52. The van der Waals surface area contributed by atoms with Crippen LogP contribution in [0.15, 0.2) is 46.9 Å². The normalized spacial score (nSPS) is 14.8. The molecule has 7 nitrogen and oxygen atoms in total. The minimum atomic E-state index is -0.340. The molecule has 198 valence electrons. The molecule has 1 saturated carbocycles. The second-order valence-corrected chi connectivity index (χ2v) is 9.52. The molecule has 0 spiro atoms. The van der Waals surface area contributed by atoms with Gasteiger partial charge in [0.2, 0.25) is 0 Å². The highest BCUT2D eigenvalue weighted by atomic mass is 19.1. The van der Waals surface area contributed by atoms with Crippen LogP contribution in [0.4, 0.5) is 10.1 Å². The van der Waals surface area contributed by atoms with Gasteiger partial charge in [-0.1, -0.05) is 19.3 Å². The number of benzene rings is 2. The average Bonchev–Trinajstić information content (AvgIpc) is 3.28. The molecule has 1 atom stereocenters. The van der Waals surface area contributed by atoms with Crippen molar-refractivity contribution in [2.24, 2.45) is 5.92 Å². The SMILES string of the molecule is CCOC(=O)CCN(C)C(=O)c1ccc(NC(c2oc3ccc(F)cc3c2OC)C2CCCCC2)cc1. The van der Waals surface area contributed by atoms with E-state index in [0.717, 1.165) is 31.4 Å². The maximum Gasteiger partial charge on any atom is 0.307 e. The summed E-state index contributed by atoms with van der Waals surface area (Å²) in [6.45, 7) is 2.36. The molecule has 1 fully saturated rings. The van der Waals surface area contributed by atoms with Crippen LogP contribution in [0.5, 0.6) is 5.75 Å². The van der Waals surface area contributed by atoms with Gasteiger partial charge in [0.1, 0.15) is 11.4 Å². The van der Waals surface area contributed by atoms with Crippen molar-refractivity contribution < 1.29 is 27.9 Å². The van der Waals surface area contributed by atoms with E-state index in [-0.39, 0.29) is 36.7 Å². The zero-order chi connectivity index (χ0) is 26.4. The highest BCUT2D eigenvalue weighted by Crippen LogP contribution is 2.44. The Morgan fingerprint density at radius 1 is 1.14 bits per heavy atom. The molecular formula is C29H35FN2O5. The Morgan fingerprint density at radius 2 is 1.86 bits per heavy atom. The zero-order valence-corrected chi connectivity index (χ0v) is 21.7. The number of fused-ring (bicyclic) bond motifs is 1. The summed E-state index contributed by atoms with van der Waals surface area (Å²) < 4.78 is 30.9. The lowest BCUT2D eigenvalue weighted by molar-refractivity contribution is -0.143. The minimum Gasteiger partial charge on any atom is -0.492 e. The molecule has 4 rings (SSSR count). The van der Waals surface area contributed by atoms with Crippen LogP contribution >= 0.6 is 0 Å². The number of carbonyl (C=O) groups excluding carboxylic acids is 2. The van der Waals surface area contributed by atoms with E-state index in [4.69, 9.17) is 13.9 Å². The lowest BCUT2D eigenvalue weighted by Gasteiger charge is -2.31. The largest absolute Gasteiger partial charge is 0.492 e. The monoisotopic (exact) mass is 510 g/mol. The molecule has 3 aromatic rings. The van der Waals surface area contributed by atoms with E-state index in [1.807, 2.05) is 12.1 Å². The number of methoxy groups -OCH3 is 1. The number of carbonyl (C=O) groups is 2. The van der Waals surface area contributed by atoms with Crippen LogP contribution in [0.3, 0.4) is 0 Å². The Bertz CT molecular complexity index is 1220. The summed E-state index contributed by atoms with van der Waals surface area (Å²) in [6, 6.07) is 11.6. The standard InChI is InChI=1S/C29H35FN2O5/c1-4-36-25(33)16-17-32(2)29(34)20-10-13-22(14-11-20)31-26(19-8-6-5-7-9-19)28-27(35-3)23-18-21(30)12-15-24(23)37-28/h10-15,18-19,26,31H,4-9,16-17H2,1-3H3. The van der Waals surface area contributed by atoms with Crippen molar-refractivity contribution in [1.82, 2.24) is 4.90 Å². The lowest BCUT2D eigenvalue weighted by atomic mass is 9.82. The van der Waals surface area contributed by atoms with Gasteiger partial charge in [0.15, 0.2) is 11.5 Å². The summed E-state index contributed by atoms with van der Waals surface area (Å²) in [5, 5.41) is 4.23. The van der Waals surface area contributed by atoms with E-state index in [0.29, 0.717) is 40.6 Å². The highest BCUT2D eigenvalue weighted by molar-refractivity contribution is 5.94. The molecule has 1 aliphatic carbocycles. The van der Waals surface area contributed by atoms with E-state index in [2.05, 4.69) is 5.32 Å². The number of nitrogens with zero attached hydrogens (tertiary/aromatic N) is 1. The first kappa shape index (κ1) is 26.5. The molecule has 1 heterocycles. The van der Waals surface area contributed by atoms with E-state index in [9.17, 15) is 14.0 Å². The average molecular weight is 511 g/mol. The first-order valence-electron chi connectivity index (χ1n) is 12.9. The number of esters is 1. The maximum absolute atomic E-state index is 14.0. The number of hydrogen-bond donors (Lipinski definition) is 1. The summed E-state index contributed by atoms with van der Waals surface area (Å²) in [7, 11) is 3.25. The lowest BCUT2D eigenvalue weighted by Crippen LogP contribution is -2.29. The van der Waals surface area contributed by atoms with E-state index in [1.54, 1.807) is 39.3 Å². The highest BCUT2D eigenvalue weighted by Gasteiger charge is 2.32. The van der Waals surface area contributed by atoms with Gasteiger partial charge in [-0.3, -0.25) is 9.59 Å². The van der Waals surface area contributed by atoms with Gasteiger partial charge in [0, 0.05) is 24.8 Å². The predicted octanol–water partition coefficient (Wildman–Crippen LogP) is 6.34. The van der Waals surface area contributed by atoms with Gasteiger partial charge < -0.3 is 24.1 Å². The number of hydrogen-bond acceptors (Lipinski definition) is 6. The molecule has 0 aliphatic heterocycles. The van der Waals surface area contributed by atoms with Crippen molar-refractivity contribution in [2.45, 2.75) is 51.5 Å². The fraction of sp³-hybridized carbons (Fsp3) is 0.448. The van der Waals surface area contributed by atoms with Crippen molar-refractivity contribution >= 4 is 28.5 Å². The summed E-state index contributed by atoms with van der Waals surface area (Å²) >= 11 is 0. The Balaban J connectivity index is 1.54. The summed E-state index contributed by atoms with van der Waals surface area (Å²) in [6.07, 6.45) is 5.76. The predicted molar refractivity (Wildman–Crippen MR) is 140 cm³/mol. The number of halogens is 1. The summed E-state index contributed by atoms with van der Waals surface area (Å²) in [4.78, 5) is 26.0. The van der Waals surface area contributed by atoms with Crippen LogP contribution in [0.25, 0.3) is 11.0 Å². The van der Waals surface area contributed by atoms with Crippen molar-refractivity contribution in [3.8, 4) is 5.75 Å². The minimum absolute atomic E-state index is 0.155. The van der Waals surface area contributed by atoms with Gasteiger partial charge >= 0.3 is 5.97 Å². The van der Waals surface area contributed by atoms with Gasteiger partial charge in [-0.05, 0) is 68.1 Å². The van der Waals surface area contributed by atoms with Crippen LogP contribution in [0, 0.1) is 11.7 Å². The number of furan rings is 1. The molecular weight excluding hydrogens is 475 g/mol. The Morgan fingerprint density at radius 3 is 2.54 bits per heavy atom. The third-order valence-corrected chi connectivity index (χ3v) is 7.00. The van der Waals surface area contributed by atoms with Crippen LogP contribution in [0.1, 0.15) is 67.6 Å². The van der Waals surface area contributed by atoms with E-state index < -0.39 is 0 Å². The fourth-order valence-electron chi connectivity index (χ4n) is 5.05. The van der Waals surface area contributed by atoms with Crippen LogP contribution in [-0.4, -0.2) is 44.1 Å². The van der Waals surface area contributed by atoms with Gasteiger partial charge in [-0.15, -0.1) is 0 Å². The Hall–Kier alpha value is -3.55. The van der Waals surface area contributed by atoms with E-state index in [1.165, 1.54) is 23.5 Å². The molecule has 1 unspecified atom stereocenters. The van der Waals surface area contributed by atoms with Gasteiger partial charge in [-0.2, -0.15) is 0 Å². The van der Waals surface area contributed by atoms with E-state index >= 15 is 0 Å². The maximum atomic E-state index is 14.0. The van der Waals surface area contributed by atoms with Gasteiger partial charge in [0.05, 0.1) is 31.6 Å². The first-order chi connectivity index (χ1) is 17.9. The van der Waals surface area contributed by atoms with Crippen molar-refractivity contribution in [3.05, 3.63) is 59.6 Å². The third-order valence-electron chi connectivity index (χ3n) is 7.00. The molecule has 2 aromatic carbocycles. The molecule has 0 radical (unpaired) electrons. The fourth-order valence-corrected chi connectivity index (χ4v) is 5.05.